The lowest BCUT2D eigenvalue weighted by Crippen LogP contribution is -2.71. The number of primary amides is 1. The summed E-state index contributed by atoms with van der Waals surface area (Å²) in [7, 11) is 1.26. The Morgan fingerprint density at radius 3 is 2.88 bits per heavy atom. The first kappa shape index (κ1) is 27.8. The summed E-state index contributed by atoms with van der Waals surface area (Å²) >= 11 is 2.42. The van der Waals surface area contributed by atoms with Crippen LogP contribution in [0.3, 0.4) is 0 Å². The number of thioether (sulfide) groups is 1. The molecule has 15 nitrogen and oxygen atoms in total. The molecular weight excluding hydrogens is 576 g/mol. The Bertz CT molecular complexity index is 1610. The zero-order valence-corrected chi connectivity index (χ0v) is 23.0. The van der Waals surface area contributed by atoms with Crippen molar-refractivity contribution < 1.29 is 38.2 Å². The van der Waals surface area contributed by atoms with Crippen molar-refractivity contribution in [2.45, 2.75) is 24.4 Å². The molecule has 41 heavy (non-hydrogen) atoms. The second-order valence-electron chi connectivity index (χ2n) is 8.90. The Balaban J connectivity index is 1.32. The van der Waals surface area contributed by atoms with Crippen LogP contribution in [0.1, 0.15) is 11.5 Å². The van der Waals surface area contributed by atoms with Gasteiger partial charge in [-0.25, -0.2) is 9.78 Å². The normalized spacial score (nSPS) is 18.5. The molecule has 2 unspecified atom stereocenters. The number of aliphatic carboxylic acids is 1. The summed E-state index contributed by atoms with van der Waals surface area (Å²) in [6.07, 6.45) is 3.47. The molecule has 0 saturated carbocycles. The van der Waals surface area contributed by atoms with Gasteiger partial charge < -0.3 is 31.3 Å². The van der Waals surface area contributed by atoms with Crippen LogP contribution in [0.15, 0.2) is 56.9 Å². The van der Waals surface area contributed by atoms with Crippen LogP contribution < -0.4 is 21.4 Å². The molecule has 3 aromatic heterocycles. The maximum absolute atomic E-state index is 13.1. The molecule has 5 rings (SSSR count). The van der Waals surface area contributed by atoms with Gasteiger partial charge in [0.1, 0.15) is 41.4 Å². The van der Waals surface area contributed by atoms with E-state index in [4.69, 9.17) is 20.8 Å². The average molecular weight is 600 g/mol. The molecule has 3 aromatic rings. The SMILES string of the molecule is CO/N=C(\C(=O)NC1C(=O)N2C(C(=O)O)=C(Cc3cc(-c4ccc[n+](CC(N)=O)c4)no3)CSC12)c1csc(N)n1. The molecule has 0 bridgehead atoms. The Morgan fingerprint density at radius 2 is 2.20 bits per heavy atom. The van der Waals surface area contributed by atoms with Crippen LogP contribution in [0.2, 0.25) is 0 Å². The number of nitrogen functional groups attached to an aromatic ring is 1. The standard InChI is InChI=1S/C24H22N8O7S2/c1-38-30-17(15-10-41-24(26)27-15)20(34)28-18-21(35)32-19(23(36)37)12(9-40-22(18)32)5-13-6-14(29-39-13)11-3-2-4-31(7-11)8-16(25)33/h2-4,6-7,10,18,22H,5,8-9H2,1H3,(H5-,25,26,27,28,33,34,36,37)/p+1/b30-17-. The molecule has 212 valence electrons. The lowest BCUT2D eigenvalue weighted by molar-refractivity contribution is -0.683. The number of oxime groups is 1. The smallest absolute Gasteiger partial charge is 0.352 e. The van der Waals surface area contributed by atoms with E-state index in [1.54, 1.807) is 35.2 Å². The summed E-state index contributed by atoms with van der Waals surface area (Å²) < 4.78 is 7.07. The van der Waals surface area contributed by atoms with E-state index in [0.29, 0.717) is 22.6 Å². The number of nitrogens with zero attached hydrogens (tertiary/aromatic N) is 5. The first-order chi connectivity index (χ1) is 19.7. The molecule has 2 aliphatic heterocycles. The van der Waals surface area contributed by atoms with Crippen molar-refractivity contribution in [2.75, 3.05) is 18.6 Å². The highest BCUT2D eigenvalue weighted by Gasteiger charge is 2.54. The first-order valence-electron chi connectivity index (χ1n) is 11.9. The number of carbonyl (C=O) groups excluding carboxylic acids is 3. The number of carboxylic acids is 1. The molecule has 6 N–H and O–H groups in total. The second kappa shape index (κ2) is 11.4. The monoisotopic (exact) mass is 599 g/mol. The van der Waals surface area contributed by atoms with E-state index in [-0.39, 0.29) is 41.0 Å². The van der Waals surface area contributed by atoms with Gasteiger partial charge in [-0.2, -0.15) is 4.57 Å². The fraction of sp³-hybridized carbons (Fsp3) is 0.250. The number of anilines is 1. The minimum atomic E-state index is -1.28. The number of carbonyl (C=O) groups is 4. The van der Waals surface area contributed by atoms with Crippen LogP contribution in [0.5, 0.6) is 0 Å². The topological polar surface area (TPSA) is 220 Å². The van der Waals surface area contributed by atoms with Gasteiger partial charge in [0.05, 0.1) is 5.56 Å². The van der Waals surface area contributed by atoms with Crippen LogP contribution in [0, 0.1) is 0 Å². The molecule has 0 aromatic carbocycles. The van der Waals surface area contributed by atoms with Crippen molar-refractivity contribution in [1.29, 1.82) is 0 Å². The van der Waals surface area contributed by atoms with Gasteiger partial charge >= 0.3 is 5.97 Å². The summed E-state index contributed by atoms with van der Waals surface area (Å²) in [6.45, 7) is -0.00288. The fourth-order valence-electron chi connectivity index (χ4n) is 4.42. The number of fused-ring (bicyclic) bond motifs is 1. The molecule has 1 saturated heterocycles. The lowest BCUT2D eigenvalue weighted by atomic mass is 10.0. The van der Waals surface area contributed by atoms with E-state index >= 15 is 0 Å². The number of hydrogen-bond acceptors (Lipinski definition) is 12. The van der Waals surface area contributed by atoms with Gasteiger partial charge in [-0.3, -0.25) is 19.3 Å². The largest absolute Gasteiger partial charge is 0.477 e. The molecular formula is C24H23N8O7S2+. The minimum Gasteiger partial charge on any atom is -0.477 e. The van der Waals surface area contributed by atoms with Crippen molar-refractivity contribution in [3.05, 3.63) is 58.7 Å². The van der Waals surface area contributed by atoms with E-state index in [0.717, 1.165) is 16.2 Å². The van der Waals surface area contributed by atoms with E-state index in [1.165, 1.54) is 24.3 Å². The first-order valence-corrected chi connectivity index (χ1v) is 13.9. The van der Waals surface area contributed by atoms with Gasteiger partial charge in [-0.05, 0) is 11.6 Å². The fourth-order valence-corrected chi connectivity index (χ4v) is 6.31. The minimum absolute atomic E-state index is 0.00288. The molecule has 1 fully saturated rings. The number of β-lactam (4-membered cyclic amide) rings is 1. The summed E-state index contributed by atoms with van der Waals surface area (Å²) in [5.74, 6) is -2.41. The Hall–Kier alpha value is -4.77. The van der Waals surface area contributed by atoms with Gasteiger partial charge in [0.25, 0.3) is 17.7 Å². The zero-order valence-electron chi connectivity index (χ0n) is 21.3. The van der Waals surface area contributed by atoms with Crippen LogP contribution in [0.25, 0.3) is 11.3 Å². The van der Waals surface area contributed by atoms with E-state index < -0.39 is 35.1 Å². The van der Waals surface area contributed by atoms with Crippen molar-refractivity contribution in [2.24, 2.45) is 10.9 Å². The Kier molecular flexibility index (Phi) is 7.71. The Morgan fingerprint density at radius 1 is 1.39 bits per heavy atom. The summed E-state index contributed by atoms with van der Waals surface area (Å²) in [6, 6.07) is 4.19. The summed E-state index contributed by atoms with van der Waals surface area (Å²) in [4.78, 5) is 59.5. The molecule has 5 heterocycles. The van der Waals surface area contributed by atoms with Crippen molar-refractivity contribution in [3.8, 4) is 11.3 Å². The van der Waals surface area contributed by atoms with Crippen LogP contribution in [-0.4, -0.2) is 73.8 Å². The van der Waals surface area contributed by atoms with Gasteiger partial charge in [-0.15, -0.1) is 23.1 Å². The van der Waals surface area contributed by atoms with Gasteiger partial charge in [0.15, 0.2) is 23.2 Å². The van der Waals surface area contributed by atoms with Crippen molar-refractivity contribution in [3.63, 3.8) is 0 Å². The van der Waals surface area contributed by atoms with E-state index in [2.05, 4.69) is 20.6 Å². The number of amides is 3. The Labute approximate surface area is 239 Å². The van der Waals surface area contributed by atoms with Crippen LogP contribution in [0.4, 0.5) is 5.13 Å². The highest BCUT2D eigenvalue weighted by atomic mass is 32.2. The zero-order chi connectivity index (χ0) is 29.3. The third-order valence-corrected chi connectivity index (χ3v) is 8.15. The predicted octanol–water partition coefficient (Wildman–Crippen LogP) is -0.515. The van der Waals surface area contributed by atoms with E-state index in [1.807, 2.05) is 0 Å². The summed E-state index contributed by atoms with van der Waals surface area (Å²) in [5, 5.41) is 21.5. The number of rotatable bonds is 10. The number of nitrogens with two attached hydrogens (primary N) is 2. The number of aromatic nitrogens is 3. The molecule has 0 radical (unpaired) electrons. The molecule has 3 amide bonds. The van der Waals surface area contributed by atoms with Gasteiger partial charge in [0, 0.05) is 29.7 Å². The highest BCUT2D eigenvalue weighted by Crippen LogP contribution is 2.41. The number of pyridine rings is 1. The molecule has 17 heteroatoms. The van der Waals surface area contributed by atoms with Crippen molar-refractivity contribution >= 4 is 57.6 Å². The maximum Gasteiger partial charge on any atom is 0.352 e. The number of hydrogen-bond donors (Lipinski definition) is 4. The van der Waals surface area contributed by atoms with Crippen LogP contribution >= 0.6 is 23.1 Å². The molecule has 2 atom stereocenters. The van der Waals surface area contributed by atoms with Gasteiger partial charge in [0.2, 0.25) is 6.54 Å². The van der Waals surface area contributed by atoms with Crippen molar-refractivity contribution in [1.82, 2.24) is 20.4 Å². The molecule has 0 aliphatic carbocycles. The quantitative estimate of drug-likeness (QED) is 0.101. The molecule has 0 spiro atoms. The number of nitrogens with one attached hydrogen (secondary N) is 1. The lowest BCUT2D eigenvalue weighted by Gasteiger charge is -2.49. The van der Waals surface area contributed by atoms with Crippen LogP contribution in [-0.2, 0) is 37.0 Å². The average Bonchev–Trinajstić information content (AvgIpc) is 3.58. The number of carboxylic acid groups (broad SMARTS) is 1. The highest BCUT2D eigenvalue weighted by molar-refractivity contribution is 8.00. The van der Waals surface area contributed by atoms with E-state index in [9.17, 15) is 24.3 Å². The molecule has 2 aliphatic rings. The third-order valence-electron chi connectivity index (χ3n) is 6.14. The van der Waals surface area contributed by atoms with Gasteiger partial charge in [-0.1, -0.05) is 10.3 Å². The number of thiazole rings is 1. The maximum atomic E-state index is 13.1. The predicted molar refractivity (Wildman–Crippen MR) is 145 cm³/mol. The second-order valence-corrected chi connectivity index (χ2v) is 10.9. The summed E-state index contributed by atoms with van der Waals surface area (Å²) in [5.41, 5.74) is 12.4. The third kappa shape index (κ3) is 5.62.